The molecular formula is C11H10FN5O3S. The van der Waals surface area contributed by atoms with E-state index < -0.39 is 22.4 Å². The maximum Gasteiger partial charge on any atom is 0.277 e. The lowest BCUT2D eigenvalue weighted by molar-refractivity contribution is 0.350. The normalized spacial score (nSPS) is 10.8. The first-order valence-electron chi connectivity index (χ1n) is 5.58. The fraction of sp³-hybridized carbons (Fsp3) is 0.182. The fourth-order valence-electron chi connectivity index (χ4n) is 1.47. The van der Waals surface area contributed by atoms with Gasteiger partial charge >= 0.3 is 0 Å². The number of hydrogen-bond donors (Lipinski definition) is 2. The molecule has 0 atom stereocenters. The number of hydrogen-bond acceptors (Lipinski definition) is 6. The molecule has 1 heterocycles. The zero-order valence-corrected chi connectivity index (χ0v) is 11.6. The van der Waals surface area contributed by atoms with E-state index in [1.807, 2.05) is 0 Å². The van der Waals surface area contributed by atoms with Crippen molar-refractivity contribution in [3.63, 3.8) is 0 Å². The van der Waals surface area contributed by atoms with Crippen LogP contribution >= 0.6 is 0 Å². The summed E-state index contributed by atoms with van der Waals surface area (Å²) < 4.78 is 39.8. The van der Waals surface area contributed by atoms with Gasteiger partial charge in [0, 0.05) is 5.56 Å². The van der Waals surface area contributed by atoms with Crippen molar-refractivity contribution in [2.45, 2.75) is 4.90 Å². The summed E-state index contributed by atoms with van der Waals surface area (Å²) in [6.07, 6.45) is 0. The van der Waals surface area contributed by atoms with Gasteiger partial charge in [-0.05, 0) is 23.4 Å². The highest BCUT2D eigenvalue weighted by atomic mass is 32.2. The van der Waals surface area contributed by atoms with Gasteiger partial charge in [-0.3, -0.25) is 0 Å². The predicted octanol–water partition coefficient (Wildman–Crippen LogP) is -0.506. The second kappa shape index (κ2) is 5.86. The Labute approximate surface area is 119 Å². The number of aryl methyl sites for hydroxylation is 1. The number of sulfonamides is 1. The number of nitrogens with one attached hydrogen (secondary N) is 1. The first-order valence-corrected chi connectivity index (χ1v) is 7.07. The van der Waals surface area contributed by atoms with Gasteiger partial charge in [-0.2, -0.15) is 4.80 Å². The third-order valence-corrected chi connectivity index (χ3v) is 3.65. The maximum atomic E-state index is 13.2. The SMILES string of the molecule is Cn1nnc(NS(=O)(=O)c2ccc(F)cc2C#CCO)n1. The Morgan fingerprint density at radius 2 is 2.24 bits per heavy atom. The summed E-state index contributed by atoms with van der Waals surface area (Å²) in [5.74, 6) is 3.79. The topological polar surface area (TPSA) is 110 Å². The Balaban J connectivity index is 2.44. The van der Waals surface area contributed by atoms with Gasteiger partial charge in [0.1, 0.15) is 17.3 Å². The van der Waals surface area contributed by atoms with Crippen molar-refractivity contribution in [3.05, 3.63) is 29.6 Å². The lowest BCUT2D eigenvalue weighted by Gasteiger charge is -2.06. The van der Waals surface area contributed by atoms with E-state index in [9.17, 15) is 12.8 Å². The molecule has 0 fully saturated rings. The highest BCUT2D eigenvalue weighted by molar-refractivity contribution is 7.92. The van der Waals surface area contributed by atoms with Crippen LogP contribution in [-0.4, -0.2) is 40.3 Å². The highest BCUT2D eigenvalue weighted by Gasteiger charge is 2.20. The van der Waals surface area contributed by atoms with Crippen molar-refractivity contribution in [3.8, 4) is 11.8 Å². The molecule has 0 radical (unpaired) electrons. The number of halogens is 1. The van der Waals surface area contributed by atoms with Crippen molar-refractivity contribution in [2.24, 2.45) is 7.05 Å². The third-order valence-electron chi connectivity index (χ3n) is 2.27. The molecule has 2 N–H and O–H groups in total. The molecule has 21 heavy (non-hydrogen) atoms. The van der Waals surface area contributed by atoms with Gasteiger partial charge in [0.2, 0.25) is 0 Å². The minimum atomic E-state index is -4.06. The molecule has 8 nitrogen and oxygen atoms in total. The number of nitrogens with zero attached hydrogens (tertiary/aromatic N) is 4. The number of tetrazole rings is 1. The third kappa shape index (κ3) is 3.53. The van der Waals surface area contributed by atoms with E-state index in [2.05, 4.69) is 32.0 Å². The van der Waals surface area contributed by atoms with Crippen molar-refractivity contribution >= 4 is 16.0 Å². The van der Waals surface area contributed by atoms with Crippen molar-refractivity contribution in [1.82, 2.24) is 20.2 Å². The van der Waals surface area contributed by atoms with Crippen molar-refractivity contribution in [2.75, 3.05) is 11.3 Å². The Kier molecular flexibility index (Phi) is 4.15. The minimum Gasteiger partial charge on any atom is -0.384 e. The van der Waals surface area contributed by atoms with Crippen LogP contribution < -0.4 is 4.72 Å². The van der Waals surface area contributed by atoms with Crippen LogP contribution in [0.15, 0.2) is 23.1 Å². The molecule has 0 unspecified atom stereocenters. The molecule has 0 aliphatic carbocycles. The van der Waals surface area contributed by atoms with E-state index in [0.29, 0.717) is 0 Å². The average Bonchev–Trinajstić information content (AvgIpc) is 2.80. The summed E-state index contributed by atoms with van der Waals surface area (Å²) in [7, 11) is -2.58. The van der Waals surface area contributed by atoms with Gasteiger partial charge in [0.05, 0.1) is 7.05 Å². The van der Waals surface area contributed by atoms with Crippen molar-refractivity contribution in [1.29, 1.82) is 0 Å². The lowest BCUT2D eigenvalue weighted by atomic mass is 10.2. The molecule has 0 bridgehead atoms. The van der Waals surface area contributed by atoms with Gasteiger partial charge in [0.25, 0.3) is 16.0 Å². The van der Waals surface area contributed by atoms with Crippen LogP contribution in [0, 0.1) is 17.7 Å². The van der Waals surface area contributed by atoms with Gasteiger partial charge < -0.3 is 5.11 Å². The van der Waals surface area contributed by atoms with E-state index in [4.69, 9.17) is 5.11 Å². The van der Waals surface area contributed by atoms with E-state index >= 15 is 0 Å². The van der Waals surface area contributed by atoms with Crippen molar-refractivity contribution < 1.29 is 17.9 Å². The highest BCUT2D eigenvalue weighted by Crippen LogP contribution is 2.18. The molecule has 0 spiro atoms. The largest absolute Gasteiger partial charge is 0.384 e. The summed E-state index contributed by atoms with van der Waals surface area (Å²) in [6, 6.07) is 3.01. The molecule has 2 rings (SSSR count). The molecule has 110 valence electrons. The van der Waals surface area contributed by atoms with E-state index in [1.54, 1.807) is 0 Å². The monoisotopic (exact) mass is 311 g/mol. The Hall–Kier alpha value is -2.51. The second-order valence-corrected chi connectivity index (χ2v) is 5.46. The van der Waals surface area contributed by atoms with Gasteiger partial charge in [-0.1, -0.05) is 16.9 Å². The second-order valence-electron chi connectivity index (χ2n) is 3.81. The van der Waals surface area contributed by atoms with Crippen LogP contribution in [0.4, 0.5) is 10.3 Å². The number of anilines is 1. The summed E-state index contributed by atoms with van der Waals surface area (Å²) in [4.78, 5) is 0.826. The number of rotatable bonds is 3. The summed E-state index contributed by atoms with van der Waals surface area (Å²) in [5, 5.41) is 19.3. The van der Waals surface area contributed by atoms with Crippen LogP contribution in [-0.2, 0) is 17.1 Å². The molecule has 10 heteroatoms. The zero-order chi connectivity index (χ0) is 15.5. The molecule has 0 amide bonds. The maximum absolute atomic E-state index is 13.2. The van der Waals surface area contributed by atoms with Crippen LogP contribution in [0.3, 0.4) is 0 Å². The van der Waals surface area contributed by atoms with Gasteiger partial charge in [-0.25, -0.2) is 17.5 Å². The fourth-order valence-corrected chi connectivity index (χ4v) is 2.55. The van der Waals surface area contributed by atoms with Gasteiger partial charge in [0.15, 0.2) is 0 Å². The van der Waals surface area contributed by atoms with Gasteiger partial charge in [-0.15, -0.1) is 5.10 Å². The predicted molar refractivity (Wildman–Crippen MR) is 70.0 cm³/mol. The first kappa shape index (κ1) is 14.9. The van der Waals surface area contributed by atoms with Crippen LogP contribution in [0.5, 0.6) is 0 Å². The Morgan fingerprint density at radius 3 is 2.86 bits per heavy atom. The summed E-state index contributed by atoms with van der Waals surface area (Å²) in [5.41, 5.74) is -0.0829. The number of aliphatic hydroxyl groups excluding tert-OH is 1. The Morgan fingerprint density at radius 1 is 1.48 bits per heavy atom. The molecule has 2 aromatic rings. The average molecular weight is 311 g/mol. The Bertz CT molecular complexity index is 822. The smallest absolute Gasteiger partial charge is 0.277 e. The lowest BCUT2D eigenvalue weighted by Crippen LogP contribution is -2.15. The molecule has 1 aromatic heterocycles. The first-order chi connectivity index (χ1) is 9.92. The molecule has 0 saturated carbocycles. The van der Waals surface area contributed by atoms with E-state index in [1.165, 1.54) is 7.05 Å². The van der Waals surface area contributed by atoms with Crippen LogP contribution in [0.2, 0.25) is 0 Å². The molecule has 0 aliphatic heterocycles. The number of aromatic nitrogens is 4. The van der Waals surface area contributed by atoms with Crippen LogP contribution in [0.1, 0.15) is 5.56 Å². The number of benzene rings is 1. The molecular weight excluding hydrogens is 301 g/mol. The molecule has 0 aliphatic rings. The standard InChI is InChI=1S/C11H10FN5O3S/c1-17-14-11(13-16-17)15-21(19,20)10-5-4-9(12)7-8(10)3-2-6-18/h4-5,7,18H,6H2,1H3,(H,14,15). The summed E-state index contributed by atoms with van der Waals surface area (Å²) in [6.45, 7) is -0.477. The zero-order valence-electron chi connectivity index (χ0n) is 10.8. The molecule has 0 saturated heterocycles. The van der Waals surface area contributed by atoms with Crippen LogP contribution in [0.25, 0.3) is 0 Å². The molecule has 1 aromatic carbocycles. The summed E-state index contributed by atoms with van der Waals surface area (Å²) >= 11 is 0. The quantitative estimate of drug-likeness (QED) is 0.739. The van der Waals surface area contributed by atoms with E-state index in [-0.39, 0.29) is 16.4 Å². The van der Waals surface area contributed by atoms with E-state index in [0.717, 1.165) is 23.0 Å². The number of aliphatic hydroxyl groups is 1. The minimum absolute atomic E-state index is 0.0829.